The number of aliphatic hydroxyl groups is 1. The molecule has 0 saturated heterocycles. The molecule has 1 heterocycles. The lowest BCUT2D eigenvalue weighted by Crippen LogP contribution is -1.96. The van der Waals surface area contributed by atoms with Crippen LogP contribution in [0.4, 0.5) is 0 Å². The average Bonchev–Trinajstić information content (AvgIpc) is 2.62. The number of benzene rings is 1. The van der Waals surface area contributed by atoms with Gasteiger partial charge in [-0.2, -0.15) is 0 Å². The van der Waals surface area contributed by atoms with E-state index in [1.807, 2.05) is 17.5 Å². The lowest BCUT2D eigenvalue weighted by molar-refractivity contribution is 0.112. The molecule has 1 N–H and O–H groups in total. The molecule has 0 bridgehead atoms. The topological polar surface area (TPSA) is 37.3 Å². The molecule has 0 saturated carbocycles. The number of fused-ring (bicyclic) bond motifs is 1. The Morgan fingerprint density at radius 2 is 2.36 bits per heavy atom. The van der Waals surface area contributed by atoms with Crippen LogP contribution in [0.2, 0.25) is 0 Å². The highest BCUT2D eigenvalue weighted by Gasteiger charge is 2.11. The van der Waals surface area contributed by atoms with E-state index in [4.69, 9.17) is 5.11 Å². The molecule has 0 aliphatic carbocycles. The van der Waals surface area contributed by atoms with Gasteiger partial charge in [-0.1, -0.05) is 0 Å². The zero-order chi connectivity index (χ0) is 10.1. The van der Waals surface area contributed by atoms with E-state index in [1.54, 1.807) is 0 Å². The third kappa shape index (κ3) is 1.47. The van der Waals surface area contributed by atoms with Crippen molar-refractivity contribution in [2.75, 3.05) is 0 Å². The lowest BCUT2D eigenvalue weighted by atomic mass is 10.1. The van der Waals surface area contributed by atoms with E-state index >= 15 is 0 Å². The lowest BCUT2D eigenvalue weighted by Gasteiger charge is -2.05. The van der Waals surface area contributed by atoms with Gasteiger partial charge in [0.1, 0.15) is 0 Å². The minimum atomic E-state index is -0.0831. The predicted octanol–water partition coefficient (Wildman–Crippen LogP) is 2.81. The largest absolute Gasteiger partial charge is 0.392 e. The van der Waals surface area contributed by atoms with E-state index in [1.165, 1.54) is 11.3 Å². The third-order valence-electron chi connectivity index (χ3n) is 2.11. The monoisotopic (exact) mass is 318 g/mol. The predicted molar refractivity (Wildman–Crippen MR) is 65.9 cm³/mol. The zero-order valence-corrected chi connectivity index (χ0v) is 10.1. The van der Waals surface area contributed by atoms with Crippen LogP contribution in [0.25, 0.3) is 10.1 Å². The van der Waals surface area contributed by atoms with Gasteiger partial charge in [-0.05, 0) is 45.5 Å². The first kappa shape index (κ1) is 10.1. The van der Waals surface area contributed by atoms with Gasteiger partial charge in [-0.15, -0.1) is 11.3 Å². The number of hydrogen-bond donors (Lipinski definition) is 1. The Bertz CT molecular complexity index is 490. The van der Waals surface area contributed by atoms with Gasteiger partial charge in [0.2, 0.25) is 0 Å². The third-order valence-corrected chi connectivity index (χ3v) is 4.04. The quantitative estimate of drug-likeness (QED) is 0.683. The highest BCUT2D eigenvalue weighted by molar-refractivity contribution is 14.1. The Balaban J connectivity index is 2.88. The summed E-state index contributed by atoms with van der Waals surface area (Å²) in [5.74, 6) is 0. The molecule has 2 nitrogen and oxygen atoms in total. The second-order valence-corrected chi connectivity index (χ2v) is 4.94. The van der Waals surface area contributed by atoms with Gasteiger partial charge >= 0.3 is 0 Å². The van der Waals surface area contributed by atoms with E-state index in [-0.39, 0.29) is 6.61 Å². The van der Waals surface area contributed by atoms with Crippen LogP contribution in [-0.2, 0) is 6.61 Å². The molecule has 0 fully saturated rings. The van der Waals surface area contributed by atoms with E-state index in [9.17, 15) is 4.79 Å². The maximum atomic E-state index is 10.9. The van der Waals surface area contributed by atoms with E-state index in [0.29, 0.717) is 5.56 Å². The van der Waals surface area contributed by atoms with Crippen LogP contribution < -0.4 is 0 Å². The molecule has 1 aromatic heterocycles. The first-order chi connectivity index (χ1) is 6.77. The van der Waals surface area contributed by atoms with E-state index < -0.39 is 0 Å². The number of carbonyl (C=O) groups is 1. The normalized spacial score (nSPS) is 10.7. The summed E-state index contributed by atoms with van der Waals surface area (Å²) in [4.78, 5) is 10.9. The van der Waals surface area contributed by atoms with Crippen LogP contribution in [0.3, 0.4) is 0 Å². The number of aldehydes is 1. The van der Waals surface area contributed by atoms with Crippen molar-refractivity contribution in [1.29, 1.82) is 0 Å². The molecule has 0 spiro atoms. The van der Waals surface area contributed by atoms with Crippen molar-refractivity contribution in [3.05, 3.63) is 32.2 Å². The maximum Gasteiger partial charge on any atom is 0.151 e. The molecular formula is C10H7IO2S. The summed E-state index contributed by atoms with van der Waals surface area (Å²) in [5.41, 5.74) is 1.36. The van der Waals surface area contributed by atoms with Crippen LogP contribution in [0, 0.1) is 3.57 Å². The number of halogens is 1. The summed E-state index contributed by atoms with van der Waals surface area (Å²) in [7, 11) is 0. The molecule has 0 aliphatic heterocycles. The Hall–Kier alpha value is -0.460. The summed E-state index contributed by atoms with van der Waals surface area (Å²) in [5, 5.41) is 12.2. The van der Waals surface area contributed by atoms with Gasteiger partial charge in [0, 0.05) is 19.4 Å². The van der Waals surface area contributed by atoms with E-state index in [0.717, 1.165) is 25.5 Å². The minimum absolute atomic E-state index is 0.0831. The standard InChI is InChI=1S/C10H7IO2S/c11-9-3-6-1-2-14-10(6)8(5-13)7(9)4-12/h1-3,5,12H,4H2. The summed E-state index contributed by atoms with van der Waals surface area (Å²) in [6, 6.07) is 3.97. The van der Waals surface area contributed by atoms with Gasteiger partial charge in [-0.25, -0.2) is 0 Å². The SMILES string of the molecule is O=Cc1c(CO)c(I)cc2ccsc12. The van der Waals surface area contributed by atoms with Crippen molar-refractivity contribution in [1.82, 2.24) is 0 Å². The molecule has 0 amide bonds. The smallest absolute Gasteiger partial charge is 0.151 e. The molecule has 72 valence electrons. The fourth-order valence-electron chi connectivity index (χ4n) is 1.43. The molecule has 2 aromatic rings. The van der Waals surface area contributed by atoms with Gasteiger partial charge in [0.25, 0.3) is 0 Å². The fraction of sp³-hybridized carbons (Fsp3) is 0.100. The molecule has 4 heteroatoms. The van der Waals surface area contributed by atoms with Crippen molar-refractivity contribution in [2.45, 2.75) is 6.61 Å². The van der Waals surface area contributed by atoms with Crippen LogP contribution in [0.15, 0.2) is 17.5 Å². The fourth-order valence-corrected chi connectivity index (χ4v) is 3.14. The van der Waals surface area contributed by atoms with Crippen LogP contribution in [0.5, 0.6) is 0 Å². The Kier molecular flexibility index (Phi) is 2.85. The summed E-state index contributed by atoms with van der Waals surface area (Å²) >= 11 is 3.67. The molecule has 0 aliphatic rings. The van der Waals surface area contributed by atoms with Crippen LogP contribution in [0.1, 0.15) is 15.9 Å². The zero-order valence-electron chi connectivity index (χ0n) is 7.16. The molecule has 14 heavy (non-hydrogen) atoms. The van der Waals surface area contributed by atoms with Gasteiger partial charge in [0.05, 0.1) is 6.61 Å². The van der Waals surface area contributed by atoms with Crippen molar-refractivity contribution < 1.29 is 9.90 Å². The Labute approximate surface area is 98.7 Å². The average molecular weight is 318 g/mol. The molecular weight excluding hydrogens is 311 g/mol. The first-order valence-corrected chi connectivity index (χ1v) is 5.98. The second kappa shape index (κ2) is 3.96. The van der Waals surface area contributed by atoms with Crippen molar-refractivity contribution in [3.63, 3.8) is 0 Å². The summed E-state index contributed by atoms with van der Waals surface area (Å²) < 4.78 is 1.91. The summed E-state index contributed by atoms with van der Waals surface area (Å²) in [6.07, 6.45) is 0.826. The van der Waals surface area contributed by atoms with Gasteiger partial charge < -0.3 is 5.11 Å². The van der Waals surface area contributed by atoms with Crippen LogP contribution >= 0.6 is 33.9 Å². The minimum Gasteiger partial charge on any atom is -0.392 e. The molecule has 1 aromatic carbocycles. The number of thiophene rings is 1. The summed E-state index contributed by atoms with van der Waals surface area (Å²) in [6.45, 7) is -0.0831. The number of aliphatic hydroxyl groups excluding tert-OH is 1. The van der Waals surface area contributed by atoms with Gasteiger partial charge in [-0.3, -0.25) is 4.79 Å². The highest BCUT2D eigenvalue weighted by Crippen LogP contribution is 2.30. The number of hydrogen-bond acceptors (Lipinski definition) is 3. The Morgan fingerprint density at radius 1 is 1.57 bits per heavy atom. The molecule has 0 radical (unpaired) electrons. The van der Waals surface area contributed by atoms with Crippen molar-refractivity contribution >= 4 is 50.3 Å². The highest BCUT2D eigenvalue weighted by atomic mass is 127. The first-order valence-electron chi connectivity index (χ1n) is 4.02. The van der Waals surface area contributed by atoms with Gasteiger partial charge in [0.15, 0.2) is 6.29 Å². The molecule has 0 unspecified atom stereocenters. The van der Waals surface area contributed by atoms with Crippen molar-refractivity contribution in [3.8, 4) is 0 Å². The second-order valence-electron chi connectivity index (χ2n) is 2.87. The van der Waals surface area contributed by atoms with Crippen LogP contribution in [-0.4, -0.2) is 11.4 Å². The van der Waals surface area contributed by atoms with E-state index in [2.05, 4.69) is 22.6 Å². The number of rotatable bonds is 2. The molecule has 2 rings (SSSR count). The molecule has 0 atom stereocenters. The maximum absolute atomic E-state index is 10.9. The Morgan fingerprint density at radius 3 is 3.00 bits per heavy atom. The number of carbonyl (C=O) groups excluding carboxylic acids is 1. The van der Waals surface area contributed by atoms with Crippen molar-refractivity contribution in [2.24, 2.45) is 0 Å².